The first-order valence-corrected chi connectivity index (χ1v) is 4.86. The lowest BCUT2D eigenvalue weighted by Gasteiger charge is -2.02. The summed E-state index contributed by atoms with van der Waals surface area (Å²) in [5.41, 5.74) is 0.186. The Kier molecular flexibility index (Phi) is 3.20. The van der Waals surface area contributed by atoms with Crippen LogP contribution in [0.5, 0.6) is 5.75 Å². The van der Waals surface area contributed by atoms with Crippen LogP contribution < -0.4 is 4.74 Å². The number of nitrogens with zero attached hydrogens (tertiary/aromatic N) is 2. The average molecular weight is 228 g/mol. The fraction of sp³-hybridized carbons (Fsp3) is 0. The third kappa shape index (κ3) is 2.72. The standard InChI is InChI=1S/C12H8N2O3/c15-12(17-10-4-2-1-3-5-10)11-8-9(14-16)6-7-13-11/h1-8H. The topological polar surface area (TPSA) is 68.6 Å². The maximum atomic E-state index is 11.7. The third-order valence-electron chi connectivity index (χ3n) is 2.01. The lowest BCUT2D eigenvalue weighted by atomic mass is 10.3. The Labute approximate surface area is 97.0 Å². The van der Waals surface area contributed by atoms with Gasteiger partial charge in [0.1, 0.15) is 11.4 Å². The summed E-state index contributed by atoms with van der Waals surface area (Å²) in [4.78, 5) is 25.8. The molecule has 84 valence electrons. The molecule has 2 rings (SSSR count). The molecule has 0 amide bonds. The molecule has 0 spiro atoms. The molecule has 0 aliphatic carbocycles. The number of aromatic nitrogens is 1. The number of benzene rings is 1. The maximum absolute atomic E-state index is 11.7. The van der Waals surface area contributed by atoms with Crippen LogP contribution in [0.3, 0.4) is 0 Å². The number of esters is 1. The molecule has 1 aromatic heterocycles. The van der Waals surface area contributed by atoms with E-state index in [2.05, 4.69) is 10.2 Å². The van der Waals surface area contributed by atoms with Gasteiger partial charge in [-0.2, -0.15) is 0 Å². The normalized spacial score (nSPS) is 9.65. The van der Waals surface area contributed by atoms with Crippen LogP contribution in [0.25, 0.3) is 0 Å². The lowest BCUT2D eigenvalue weighted by Crippen LogP contribution is -2.10. The van der Waals surface area contributed by atoms with Crippen molar-refractivity contribution in [3.63, 3.8) is 0 Å². The van der Waals surface area contributed by atoms with Crippen molar-refractivity contribution in [3.05, 3.63) is 59.3 Å². The predicted molar refractivity (Wildman–Crippen MR) is 61.1 cm³/mol. The zero-order valence-corrected chi connectivity index (χ0v) is 8.74. The van der Waals surface area contributed by atoms with Crippen LogP contribution in [0.4, 0.5) is 5.69 Å². The highest BCUT2D eigenvalue weighted by atomic mass is 16.5. The van der Waals surface area contributed by atoms with Crippen molar-refractivity contribution < 1.29 is 9.53 Å². The number of nitroso groups, excluding NO2 is 1. The van der Waals surface area contributed by atoms with Gasteiger partial charge in [0.25, 0.3) is 0 Å². The highest BCUT2D eigenvalue weighted by Crippen LogP contribution is 2.14. The van der Waals surface area contributed by atoms with Crippen LogP contribution in [0.1, 0.15) is 10.5 Å². The molecule has 0 unspecified atom stereocenters. The van der Waals surface area contributed by atoms with Crippen molar-refractivity contribution in [2.24, 2.45) is 5.18 Å². The second-order valence-corrected chi connectivity index (χ2v) is 3.19. The van der Waals surface area contributed by atoms with Crippen molar-refractivity contribution in [2.75, 3.05) is 0 Å². The van der Waals surface area contributed by atoms with Gasteiger partial charge < -0.3 is 4.74 Å². The van der Waals surface area contributed by atoms with Gasteiger partial charge in [-0.05, 0) is 23.4 Å². The number of carbonyl (C=O) groups excluding carboxylic acids is 1. The minimum atomic E-state index is -0.623. The van der Waals surface area contributed by atoms with Crippen LogP contribution in [0, 0.1) is 4.91 Å². The molecule has 0 N–H and O–H groups in total. The Morgan fingerprint density at radius 2 is 1.94 bits per heavy atom. The van der Waals surface area contributed by atoms with E-state index in [1.165, 1.54) is 18.3 Å². The van der Waals surface area contributed by atoms with Gasteiger partial charge in [0.05, 0.1) is 0 Å². The van der Waals surface area contributed by atoms with Crippen molar-refractivity contribution >= 4 is 11.7 Å². The first-order chi connectivity index (χ1) is 8.29. The number of rotatable bonds is 3. The highest BCUT2D eigenvalue weighted by molar-refractivity contribution is 5.89. The van der Waals surface area contributed by atoms with E-state index < -0.39 is 5.97 Å². The fourth-order valence-corrected chi connectivity index (χ4v) is 1.24. The Morgan fingerprint density at radius 3 is 2.65 bits per heavy atom. The van der Waals surface area contributed by atoms with Gasteiger partial charge in [0, 0.05) is 12.3 Å². The van der Waals surface area contributed by atoms with Crippen LogP contribution >= 0.6 is 0 Å². The first kappa shape index (κ1) is 10.9. The minimum Gasteiger partial charge on any atom is -0.422 e. The summed E-state index contributed by atoms with van der Waals surface area (Å²) in [7, 11) is 0. The number of para-hydroxylation sites is 1. The summed E-state index contributed by atoms with van der Waals surface area (Å²) >= 11 is 0. The van der Waals surface area contributed by atoms with E-state index >= 15 is 0 Å². The van der Waals surface area contributed by atoms with Crippen molar-refractivity contribution in [2.45, 2.75) is 0 Å². The molecular weight excluding hydrogens is 220 g/mol. The summed E-state index contributed by atoms with van der Waals surface area (Å²) < 4.78 is 5.05. The fourth-order valence-electron chi connectivity index (χ4n) is 1.24. The zero-order chi connectivity index (χ0) is 12.1. The summed E-state index contributed by atoms with van der Waals surface area (Å²) in [5.74, 6) is -0.203. The van der Waals surface area contributed by atoms with Gasteiger partial charge in [-0.15, -0.1) is 4.91 Å². The van der Waals surface area contributed by atoms with Crippen LogP contribution in [-0.2, 0) is 0 Å². The van der Waals surface area contributed by atoms with Gasteiger partial charge in [0.2, 0.25) is 0 Å². The second-order valence-electron chi connectivity index (χ2n) is 3.19. The van der Waals surface area contributed by atoms with Gasteiger partial charge in [-0.25, -0.2) is 9.78 Å². The van der Waals surface area contributed by atoms with Crippen LogP contribution in [-0.4, -0.2) is 11.0 Å². The molecule has 0 bridgehead atoms. The number of carbonyl (C=O) groups is 1. The highest BCUT2D eigenvalue weighted by Gasteiger charge is 2.10. The predicted octanol–water partition coefficient (Wildman–Crippen LogP) is 2.70. The van der Waals surface area contributed by atoms with E-state index in [1.807, 2.05) is 6.07 Å². The lowest BCUT2D eigenvalue weighted by molar-refractivity contribution is 0.0728. The molecular formula is C12H8N2O3. The molecule has 0 aliphatic heterocycles. The molecule has 0 aliphatic rings. The van der Waals surface area contributed by atoms with Gasteiger partial charge >= 0.3 is 5.97 Å². The quantitative estimate of drug-likeness (QED) is 0.460. The van der Waals surface area contributed by atoms with Gasteiger partial charge in [-0.3, -0.25) is 0 Å². The Balaban J connectivity index is 2.17. The van der Waals surface area contributed by atoms with Gasteiger partial charge in [-0.1, -0.05) is 18.2 Å². The molecule has 17 heavy (non-hydrogen) atoms. The van der Waals surface area contributed by atoms with Crippen LogP contribution in [0.2, 0.25) is 0 Å². The SMILES string of the molecule is O=Nc1ccnc(C(=O)Oc2ccccc2)c1. The van der Waals surface area contributed by atoms with Crippen LogP contribution in [0.15, 0.2) is 53.8 Å². The summed E-state index contributed by atoms with van der Waals surface area (Å²) in [6, 6.07) is 11.3. The molecule has 0 saturated carbocycles. The summed E-state index contributed by atoms with van der Waals surface area (Å²) in [6.45, 7) is 0. The van der Waals surface area contributed by atoms with Crippen molar-refractivity contribution in [3.8, 4) is 5.75 Å². The van der Waals surface area contributed by atoms with E-state index in [1.54, 1.807) is 24.3 Å². The Bertz CT molecular complexity index is 540. The number of hydrogen-bond acceptors (Lipinski definition) is 5. The maximum Gasteiger partial charge on any atom is 0.362 e. The smallest absolute Gasteiger partial charge is 0.362 e. The average Bonchev–Trinajstić information content (AvgIpc) is 2.40. The first-order valence-electron chi connectivity index (χ1n) is 4.86. The molecule has 5 heteroatoms. The number of ether oxygens (including phenoxy) is 1. The molecule has 0 fully saturated rings. The molecule has 1 heterocycles. The Morgan fingerprint density at radius 1 is 1.18 bits per heavy atom. The van der Waals surface area contributed by atoms with E-state index in [9.17, 15) is 9.70 Å². The number of pyridine rings is 1. The van der Waals surface area contributed by atoms with E-state index in [-0.39, 0.29) is 11.4 Å². The zero-order valence-electron chi connectivity index (χ0n) is 8.74. The molecule has 5 nitrogen and oxygen atoms in total. The largest absolute Gasteiger partial charge is 0.422 e. The Hall–Kier alpha value is -2.56. The molecule has 1 aromatic carbocycles. The summed E-state index contributed by atoms with van der Waals surface area (Å²) in [6.07, 6.45) is 1.33. The third-order valence-corrected chi connectivity index (χ3v) is 2.01. The summed E-state index contributed by atoms with van der Waals surface area (Å²) in [5, 5.41) is 2.72. The van der Waals surface area contributed by atoms with E-state index in [4.69, 9.17) is 4.74 Å². The molecule has 0 radical (unpaired) electrons. The van der Waals surface area contributed by atoms with E-state index in [0.717, 1.165) is 0 Å². The molecule has 0 atom stereocenters. The van der Waals surface area contributed by atoms with Gasteiger partial charge in [0.15, 0.2) is 5.69 Å². The van der Waals surface area contributed by atoms with E-state index in [0.29, 0.717) is 5.75 Å². The molecule has 0 saturated heterocycles. The monoisotopic (exact) mass is 228 g/mol. The minimum absolute atomic E-state index is 0.0472. The van der Waals surface area contributed by atoms with Crippen molar-refractivity contribution in [1.82, 2.24) is 4.98 Å². The molecule has 2 aromatic rings. The number of hydrogen-bond donors (Lipinski definition) is 0. The van der Waals surface area contributed by atoms with Crippen molar-refractivity contribution in [1.29, 1.82) is 0 Å². The second kappa shape index (κ2) is 4.98.